The van der Waals surface area contributed by atoms with Gasteiger partial charge in [-0.05, 0) is 12.5 Å². The van der Waals surface area contributed by atoms with Crippen LogP contribution in [0.1, 0.15) is 28.1 Å². The van der Waals surface area contributed by atoms with Crippen LogP contribution >= 0.6 is 11.3 Å². The minimum absolute atomic E-state index is 0.234. The second-order valence-corrected chi connectivity index (χ2v) is 5.43. The Hall–Kier alpha value is -2.17. The zero-order chi connectivity index (χ0) is 15.4. The maximum absolute atomic E-state index is 12.1. The molecule has 2 N–H and O–H groups in total. The van der Waals surface area contributed by atoms with E-state index in [9.17, 15) is 14.4 Å². The fourth-order valence-corrected chi connectivity index (χ4v) is 2.69. The quantitative estimate of drug-likeness (QED) is 0.593. The third kappa shape index (κ3) is 3.48. The molecule has 110 valence electrons. The van der Waals surface area contributed by atoms with Crippen LogP contribution in [0, 0.1) is 11.8 Å². The molecule has 1 aliphatic rings. The van der Waals surface area contributed by atoms with Gasteiger partial charge >= 0.3 is 0 Å². The minimum atomic E-state index is -0.674. The molecule has 1 aromatic heterocycles. The summed E-state index contributed by atoms with van der Waals surface area (Å²) in [5.74, 6) is 4.22. The molecule has 1 atom stereocenters. The molecule has 2 rings (SSSR count). The standard InChI is InChI=1S/C14H14N2O4S/c1-16-12(18)5-4-11(14(16)20)15-13(19)9-7-10(21-8-9)3-2-6-17/h7-8,11,17H,4-6H2,1H3,(H,15,19). The number of likely N-dealkylation sites (tertiary alicyclic amines) is 1. The first-order valence-electron chi connectivity index (χ1n) is 6.32. The molecule has 0 aromatic carbocycles. The molecule has 3 amide bonds. The van der Waals surface area contributed by atoms with Gasteiger partial charge in [0.2, 0.25) is 5.91 Å². The Morgan fingerprint density at radius 3 is 3.05 bits per heavy atom. The highest BCUT2D eigenvalue weighted by Crippen LogP contribution is 2.16. The molecule has 6 nitrogen and oxygen atoms in total. The van der Waals surface area contributed by atoms with Crippen LogP contribution in [0.3, 0.4) is 0 Å². The van der Waals surface area contributed by atoms with Gasteiger partial charge < -0.3 is 10.4 Å². The Labute approximate surface area is 125 Å². The van der Waals surface area contributed by atoms with Crippen molar-refractivity contribution in [2.45, 2.75) is 18.9 Å². The van der Waals surface area contributed by atoms with Gasteiger partial charge in [0, 0.05) is 18.8 Å². The maximum Gasteiger partial charge on any atom is 0.252 e. The molecule has 0 bridgehead atoms. The van der Waals surface area contributed by atoms with Crippen LogP contribution in [0.2, 0.25) is 0 Å². The van der Waals surface area contributed by atoms with Crippen molar-refractivity contribution in [1.82, 2.24) is 10.2 Å². The largest absolute Gasteiger partial charge is 0.384 e. The van der Waals surface area contributed by atoms with E-state index in [0.717, 1.165) is 4.90 Å². The average Bonchev–Trinajstić information content (AvgIpc) is 2.94. The molecule has 1 saturated heterocycles. The summed E-state index contributed by atoms with van der Waals surface area (Å²) in [7, 11) is 1.41. The zero-order valence-electron chi connectivity index (χ0n) is 11.4. The van der Waals surface area contributed by atoms with E-state index < -0.39 is 11.9 Å². The molecule has 7 heteroatoms. The summed E-state index contributed by atoms with van der Waals surface area (Å²) < 4.78 is 0. The normalized spacial score (nSPS) is 18.2. The SMILES string of the molecule is CN1C(=O)CCC(NC(=O)c2csc(C#CCO)c2)C1=O. The predicted molar refractivity (Wildman–Crippen MR) is 76.5 cm³/mol. The second kappa shape index (κ2) is 6.52. The molecular weight excluding hydrogens is 292 g/mol. The van der Waals surface area contributed by atoms with E-state index in [1.807, 2.05) is 0 Å². The van der Waals surface area contributed by atoms with Crippen LogP contribution in [0.25, 0.3) is 0 Å². The van der Waals surface area contributed by atoms with Crippen LogP contribution in [-0.2, 0) is 9.59 Å². The van der Waals surface area contributed by atoms with Crippen LogP contribution in [0.4, 0.5) is 0 Å². The number of imide groups is 1. The summed E-state index contributed by atoms with van der Waals surface area (Å²) in [6.07, 6.45) is 0.555. The summed E-state index contributed by atoms with van der Waals surface area (Å²) in [4.78, 5) is 37.0. The lowest BCUT2D eigenvalue weighted by molar-refractivity contribution is -0.147. The molecule has 21 heavy (non-hydrogen) atoms. The number of carbonyl (C=O) groups excluding carboxylic acids is 3. The first-order chi connectivity index (χ1) is 10.0. The van der Waals surface area contributed by atoms with Crippen molar-refractivity contribution in [1.29, 1.82) is 0 Å². The Morgan fingerprint density at radius 1 is 1.57 bits per heavy atom. The topological polar surface area (TPSA) is 86.7 Å². The molecule has 1 unspecified atom stereocenters. The lowest BCUT2D eigenvalue weighted by Gasteiger charge is -2.28. The Morgan fingerprint density at radius 2 is 2.33 bits per heavy atom. The summed E-state index contributed by atoms with van der Waals surface area (Å²) >= 11 is 1.29. The lowest BCUT2D eigenvalue weighted by Crippen LogP contribution is -2.52. The molecule has 0 radical (unpaired) electrons. The maximum atomic E-state index is 12.1. The minimum Gasteiger partial charge on any atom is -0.384 e. The number of likely N-dealkylation sites (N-methyl/N-ethyl adjacent to an activating group) is 1. The molecule has 0 saturated carbocycles. The Bertz CT molecular complexity index is 641. The van der Waals surface area contributed by atoms with Gasteiger partial charge in [-0.3, -0.25) is 19.3 Å². The van der Waals surface area contributed by atoms with Gasteiger partial charge in [0.25, 0.3) is 11.8 Å². The van der Waals surface area contributed by atoms with Crippen molar-refractivity contribution in [2.24, 2.45) is 0 Å². The predicted octanol–water partition coefficient (Wildman–Crippen LogP) is -0.0309. The summed E-state index contributed by atoms with van der Waals surface area (Å²) in [6, 6.07) is 0.928. The Balaban J connectivity index is 2.03. The molecule has 2 heterocycles. The van der Waals surface area contributed by atoms with Crippen molar-refractivity contribution >= 4 is 29.1 Å². The van der Waals surface area contributed by atoms with Crippen molar-refractivity contribution in [2.75, 3.05) is 13.7 Å². The monoisotopic (exact) mass is 306 g/mol. The zero-order valence-corrected chi connectivity index (χ0v) is 12.2. The number of thiophene rings is 1. The van der Waals surface area contributed by atoms with Gasteiger partial charge in [0.1, 0.15) is 12.6 Å². The number of hydrogen-bond donors (Lipinski definition) is 2. The summed E-state index contributed by atoms with van der Waals surface area (Å²) in [5, 5.41) is 12.9. The van der Waals surface area contributed by atoms with Crippen molar-refractivity contribution in [3.05, 3.63) is 21.9 Å². The van der Waals surface area contributed by atoms with E-state index in [0.29, 0.717) is 16.9 Å². The van der Waals surface area contributed by atoms with E-state index in [2.05, 4.69) is 17.2 Å². The number of nitrogens with zero attached hydrogens (tertiary/aromatic N) is 1. The first-order valence-corrected chi connectivity index (χ1v) is 7.20. The summed E-state index contributed by atoms with van der Waals surface area (Å²) in [5.41, 5.74) is 0.412. The van der Waals surface area contributed by atoms with Gasteiger partial charge in [-0.1, -0.05) is 11.8 Å². The van der Waals surface area contributed by atoms with Gasteiger partial charge in [0.05, 0.1) is 10.4 Å². The number of hydrogen-bond acceptors (Lipinski definition) is 5. The number of amides is 3. The van der Waals surface area contributed by atoms with E-state index in [1.165, 1.54) is 18.4 Å². The fraction of sp³-hybridized carbons (Fsp3) is 0.357. The first kappa shape index (κ1) is 15.2. The number of piperidine rings is 1. The second-order valence-electron chi connectivity index (χ2n) is 4.52. The molecular formula is C14H14N2O4S. The highest BCUT2D eigenvalue weighted by molar-refractivity contribution is 7.10. The van der Waals surface area contributed by atoms with E-state index in [-0.39, 0.29) is 24.8 Å². The molecule has 0 aliphatic carbocycles. The summed E-state index contributed by atoms with van der Waals surface area (Å²) in [6.45, 7) is -0.240. The van der Waals surface area contributed by atoms with Crippen molar-refractivity contribution in [3.63, 3.8) is 0 Å². The van der Waals surface area contributed by atoms with Gasteiger partial charge in [-0.15, -0.1) is 11.3 Å². The molecule has 0 spiro atoms. The number of aliphatic hydroxyl groups is 1. The number of carbonyl (C=O) groups is 3. The highest BCUT2D eigenvalue weighted by atomic mass is 32.1. The van der Waals surface area contributed by atoms with E-state index in [4.69, 9.17) is 5.11 Å². The highest BCUT2D eigenvalue weighted by Gasteiger charge is 2.32. The molecule has 1 aromatic rings. The fourth-order valence-electron chi connectivity index (χ4n) is 1.94. The smallest absolute Gasteiger partial charge is 0.252 e. The Kier molecular flexibility index (Phi) is 4.73. The lowest BCUT2D eigenvalue weighted by atomic mass is 10.0. The molecule has 1 aliphatic heterocycles. The van der Waals surface area contributed by atoms with Crippen LogP contribution in [0.5, 0.6) is 0 Å². The van der Waals surface area contributed by atoms with Gasteiger partial charge in [-0.25, -0.2) is 0 Å². The number of nitrogens with one attached hydrogen (secondary N) is 1. The van der Waals surface area contributed by atoms with Crippen molar-refractivity contribution in [3.8, 4) is 11.8 Å². The number of aliphatic hydroxyl groups excluding tert-OH is 1. The van der Waals surface area contributed by atoms with Crippen molar-refractivity contribution < 1.29 is 19.5 Å². The van der Waals surface area contributed by atoms with Gasteiger partial charge in [-0.2, -0.15) is 0 Å². The average molecular weight is 306 g/mol. The van der Waals surface area contributed by atoms with Crippen LogP contribution < -0.4 is 5.32 Å². The number of rotatable bonds is 2. The van der Waals surface area contributed by atoms with Crippen LogP contribution in [-0.4, -0.2) is 47.4 Å². The van der Waals surface area contributed by atoms with Gasteiger partial charge in [0.15, 0.2) is 0 Å². The molecule has 1 fully saturated rings. The third-order valence-corrected chi connectivity index (χ3v) is 3.95. The third-order valence-electron chi connectivity index (χ3n) is 3.11. The van der Waals surface area contributed by atoms with E-state index >= 15 is 0 Å². The van der Waals surface area contributed by atoms with E-state index in [1.54, 1.807) is 11.4 Å². The van der Waals surface area contributed by atoms with Crippen LogP contribution in [0.15, 0.2) is 11.4 Å².